The van der Waals surface area contributed by atoms with Crippen LogP contribution in [0.5, 0.6) is 5.88 Å². The first kappa shape index (κ1) is 13.7. The van der Waals surface area contributed by atoms with E-state index in [2.05, 4.69) is 15.3 Å². The molecule has 1 aromatic heterocycles. The molecule has 1 heterocycles. The molecule has 8 heteroatoms. The Morgan fingerprint density at radius 3 is 2.68 bits per heavy atom. The molecule has 0 atom stereocenters. The van der Waals surface area contributed by atoms with Crippen LogP contribution < -0.4 is 15.8 Å². The largest absolute Gasteiger partial charge is 0.474 e. The molecule has 19 heavy (non-hydrogen) atoms. The van der Waals surface area contributed by atoms with E-state index in [9.17, 15) is 4.79 Å². The van der Waals surface area contributed by atoms with Crippen molar-refractivity contribution in [3.63, 3.8) is 0 Å². The topological polar surface area (TPSA) is 110 Å². The van der Waals surface area contributed by atoms with Crippen LogP contribution in [0.1, 0.15) is 25.7 Å². The van der Waals surface area contributed by atoms with Crippen LogP contribution in [0.25, 0.3) is 0 Å². The molecule has 4 N–H and O–H groups in total. The maximum absolute atomic E-state index is 10.5. The number of nitrogens with two attached hydrogens (primary N) is 1. The van der Waals surface area contributed by atoms with Gasteiger partial charge in [0.25, 0.3) is 0 Å². The highest BCUT2D eigenvalue weighted by Crippen LogP contribution is 2.24. The van der Waals surface area contributed by atoms with Crippen molar-refractivity contribution in [1.82, 2.24) is 15.3 Å². The van der Waals surface area contributed by atoms with Crippen molar-refractivity contribution < 1.29 is 14.6 Å². The lowest BCUT2D eigenvalue weighted by Gasteiger charge is -2.28. The summed E-state index contributed by atoms with van der Waals surface area (Å²) in [4.78, 5) is 18.2. The fourth-order valence-corrected chi connectivity index (χ4v) is 2.32. The lowest BCUT2D eigenvalue weighted by atomic mass is 9.93. The number of hydrogen-bond acceptors (Lipinski definition) is 5. The summed E-state index contributed by atoms with van der Waals surface area (Å²) in [6, 6.07) is 1.51. The molecule has 1 aliphatic carbocycles. The highest BCUT2D eigenvalue weighted by Gasteiger charge is 2.23. The van der Waals surface area contributed by atoms with Gasteiger partial charge in [-0.3, -0.25) is 0 Å². The summed E-state index contributed by atoms with van der Waals surface area (Å²) < 4.78 is 5.68. The summed E-state index contributed by atoms with van der Waals surface area (Å²) in [7, 11) is 0. The third-order valence-corrected chi connectivity index (χ3v) is 3.17. The van der Waals surface area contributed by atoms with Gasteiger partial charge in [-0.15, -0.1) is 0 Å². The lowest BCUT2D eigenvalue weighted by molar-refractivity contribution is 0.130. The summed E-state index contributed by atoms with van der Waals surface area (Å²) in [6.45, 7) is 0. The van der Waals surface area contributed by atoms with Gasteiger partial charge in [0, 0.05) is 12.1 Å². The van der Waals surface area contributed by atoms with Gasteiger partial charge >= 0.3 is 6.09 Å². The second kappa shape index (κ2) is 5.92. The Morgan fingerprint density at radius 2 is 2.11 bits per heavy atom. The number of hydrogen-bond donors (Lipinski definition) is 3. The molecule has 0 saturated heterocycles. The summed E-state index contributed by atoms with van der Waals surface area (Å²) >= 11 is 5.76. The van der Waals surface area contributed by atoms with Gasteiger partial charge in [-0.2, -0.15) is 4.98 Å². The molecule has 7 nitrogen and oxygen atoms in total. The Hall–Kier alpha value is -1.76. The molecule has 104 valence electrons. The molecule has 0 aromatic carbocycles. The number of nitrogens with one attached hydrogen (secondary N) is 1. The van der Waals surface area contributed by atoms with Gasteiger partial charge in [0.05, 0.1) is 0 Å². The van der Waals surface area contributed by atoms with Gasteiger partial charge in [0.1, 0.15) is 11.3 Å². The average molecular weight is 287 g/mol. The van der Waals surface area contributed by atoms with Crippen LogP contribution in [-0.2, 0) is 0 Å². The van der Waals surface area contributed by atoms with E-state index in [1.54, 1.807) is 0 Å². The Balaban J connectivity index is 1.86. The minimum atomic E-state index is -0.986. The molecule has 1 aromatic rings. The van der Waals surface area contributed by atoms with E-state index in [1.807, 2.05) is 0 Å². The maximum Gasteiger partial charge on any atom is 0.404 e. The van der Waals surface area contributed by atoms with E-state index in [0.29, 0.717) is 5.88 Å². The van der Waals surface area contributed by atoms with Gasteiger partial charge < -0.3 is 20.9 Å². The maximum atomic E-state index is 10.5. The van der Waals surface area contributed by atoms with Crippen molar-refractivity contribution in [3.05, 3.63) is 11.2 Å². The van der Waals surface area contributed by atoms with E-state index in [0.717, 1.165) is 25.7 Å². The van der Waals surface area contributed by atoms with E-state index >= 15 is 0 Å². The van der Waals surface area contributed by atoms with Crippen LogP contribution in [0.15, 0.2) is 6.07 Å². The van der Waals surface area contributed by atoms with Gasteiger partial charge in [-0.05, 0) is 25.7 Å². The third kappa shape index (κ3) is 4.13. The zero-order chi connectivity index (χ0) is 13.8. The SMILES string of the molecule is Nc1nc(Cl)cc(OC2CCC(NC(=O)O)CC2)n1. The number of amides is 1. The molecule has 0 bridgehead atoms. The highest BCUT2D eigenvalue weighted by atomic mass is 35.5. The summed E-state index contributed by atoms with van der Waals surface area (Å²) in [5, 5.41) is 11.4. The standard InChI is InChI=1S/C11H15ClN4O3/c12-8-5-9(16-10(13)15-8)19-7-3-1-6(2-4-7)14-11(17)18/h5-7,14H,1-4H2,(H,17,18)(H2,13,15,16). The Bertz CT molecular complexity index is 443. The number of nitrogen functional groups attached to an aromatic ring is 1. The van der Waals surface area contributed by atoms with E-state index in [4.69, 9.17) is 27.2 Å². The highest BCUT2D eigenvalue weighted by molar-refractivity contribution is 6.29. The number of halogens is 1. The van der Waals surface area contributed by atoms with Crippen molar-refractivity contribution in [1.29, 1.82) is 0 Å². The van der Waals surface area contributed by atoms with Crippen LogP contribution in [0.2, 0.25) is 5.15 Å². The lowest BCUT2D eigenvalue weighted by Crippen LogP contribution is -2.39. The van der Waals surface area contributed by atoms with Crippen molar-refractivity contribution in [3.8, 4) is 5.88 Å². The van der Waals surface area contributed by atoms with Gasteiger partial charge in [-0.1, -0.05) is 11.6 Å². The summed E-state index contributed by atoms with van der Waals surface area (Å²) in [6.07, 6.45) is 2.01. The summed E-state index contributed by atoms with van der Waals surface area (Å²) in [5.41, 5.74) is 5.48. The van der Waals surface area contributed by atoms with Crippen molar-refractivity contribution in [2.24, 2.45) is 0 Å². The molecule has 1 amide bonds. The Labute approximate surface area is 115 Å². The number of nitrogens with zero attached hydrogens (tertiary/aromatic N) is 2. The van der Waals surface area contributed by atoms with Crippen LogP contribution in [0, 0.1) is 0 Å². The Morgan fingerprint density at radius 1 is 1.42 bits per heavy atom. The number of carboxylic acid groups (broad SMARTS) is 1. The van der Waals surface area contributed by atoms with Crippen LogP contribution in [0.3, 0.4) is 0 Å². The number of aromatic nitrogens is 2. The van der Waals surface area contributed by atoms with Gasteiger partial charge in [0.2, 0.25) is 11.8 Å². The fraction of sp³-hybridized carbons (Fsp3) is 0.545. The molecule has 1 saturated carbocycles. The summed E-state index contributed by atoms with van der Waals surface area (Å²) in [5.74, 6) is 0.427. The molecule has 0 aliphatic heterocycles. The monoisotopic (exact) mass is 286 g/mol. The minimum Gasteiger partial charge on any atom is -0.474 e. The second-order valence-electron chi connectivity index (χ2n) is 4.43. The number of anilines is 1. The predicted octanol–water partition coefficient (Wildman–Crippen LogP) is 1.67. The van der Waals surface area contributed by atoms with Crippen LogP contribution >= 0.6 is 11.6 Å². The number of carbonyl (C=O) groups is 1. The molecular weight excluding hydrogens is 272 g/mol. The zero-order valence-electron chi connectivity index (χ0n) is 10.2. The average Bonchev–Trinajstić information content (AvgIpc) is 2.29. The first-order valence-corrected chi connectivity index (χ1v) is 6.37. The smallest absolute Gasteiger partial charge is 0.404 e. The predicted molar refractivity (Wildman–Crippen MR) is 69.3 cm³/mol. The van der Waals surface area contributed by atoms with Crippen molar-refractivity contribution >= 4 is 23.6 Å². The minimum absolute atomic E-state index is 0.00258. The van der Waals surface area contributed by atoms with Crippen molar-refractivity contribution in [2.75, 3.05) is 5.73 Å². The molecule has 1 fully saturated rings. The molecule has 0 unspecified atom stereocenters. The van der Waals surface area contributed by atoms with Gasteiger partial charge in [-0.25, -0.2) is 9.78 Å². The Kier molecular flexibility index (Phi) is 4.26. The first-order chi connectivity index (χ1) is 9.02. The number of rotatable bonds is 3. The molecule has 0 radical (unpaired) electrons. The first-order valence-electron chi connectivity index (χ1n) is 5.99. The quantitative estimate of drug-likeness (QED) is 0.729. The van der Waals surface area contributed by atoms with Crippen LogP contribution in [0.4, 0.5) is 10.7 Å². The van der Waals surface area contributed by atoms with E-state index in [-0.39, 0.29) is 23.2 Å². The normalized spacial score (nSPS) is 22.8. The molecule has 1 aliphatic rings. The third-order valence-electron chi connectivity index (χ3n) is 2.98. The van der Waals surface area contributed by atoms with E-state index in [1.165, 1.54) is 6.07 Å². The fourth-order valence-electron chi connectivity index (χ4n) is 2.14. The molecule has 2 rings (SSSR count). The second-order valence-corrected chi connectivity index (χ2v) is 4.82. The van der Waals surface area contributed by atoms with E-state index < -0.39 is 6.09 Å². The zero-order valence-corrected chi connectivity index (χ0v) is 10.9. The van der Waals surface area contributed by atoms with Crippen molar-refractivity contribution in [2.45, 2.75) is 37.8 Å². The van der Waals surface area contributed by atoms with Crippen LogP contribution in [-0.4, -0.2) is 33.3 Å². The number of ether oxygens (including phenoxy) is 1. The van der Waals surface area contributed by atoms with Gasteiger partial charge in [0.15, 0.2) is 0 Å². The molecule has 0 spiro atoms. The molecular formula is C11H15ClN4O3.